The molecule has 3 aromatic rings. The predicted octanol–water partition coefficient (Wildman–Crippen LogP) is 5.89. The quantitative estimate of drug-likeness (QED) is 0.261. The molecule has 0 spiro atoms. The first-order chi connectivity index (χ1) is 16.7. The van der Waals surface area contributed by atoms with Gasteiger partial charge >= 0.3 is 12.0 Å². The minimum atomic E-state index is -0.983. The largest absolute Gasteiger partial charge is 0.487 e. The lowest BCUT2D eigenvalue weighted by Gasteiger charge is -2.12. The maximum atomic E-state index is 12.8. The van der Waals surface area contributed by atoms with Crippen LogP contribution in [0.1, 0.15) is 32.6 Å². The van der Waals surface area contributed by atoms with Crippen LogP contribution in [0.5, 0.6) is 5.75 Å². The van der Waals surface area contributed by atoms with Crippen LogP contribution in [-0.4, -0.2) is 27.9 Å². The molecular formula is C26H20Br2N2O5. The van der Waals surface area contributed by atoms with Gasteiger partial charge in [0.05, 0.1) is 21.1 Å². The number of aromatic carboxylic acids is 1. The van der Waals surface area contributed by atoms with E-state index in [-0.39, 0.29) is 24.4 Å². The van der Waals surface area contributed by atoms with Gasteiger partial charge in [-0.2, -0.15) is 0 Å². The minimum Gasteiger partial charge on any atom is -0.487 e. The van der Waals surface area contributed by atoms with E-state index < -0.39 is 17.9 Å². The lowest BCUT2D eigenvalue weighted by Crippen LogP contribution is -2.30. The maximum absolute atomic E-state index is 12.8. The molecule has 178 valence electrons. The monoisotopic (exact) mass is 598 g/mol. The fourth-order valence-corrected chi connectivity index (χ4v) is 4.91. The van der Waals surface area contributed by atoms with Crippen molar-refractivity contribution in [2.75, 3.05) is 0 Å². The van der Waals surface area contributed by atoms with Crippen LogP contribution in [0, 0.1) is 6.92 Å². The Labute approximate surface area is 218 Å². The van der Waals surface area contributed by atoms with Gasteiger partial charge in [0.2, 0.25) is 0 Å². The van der Waals surface area contributed by atoms with E-state index >= 15 is 0 Å². The Bertz CT molecular complexity index is 1310. The smallest absolute Gasteiger partial charge is 0.335 e. The van der Waals surface area contributed by atoms with Gasteiger partial charge in [-0.1, -0.05) is 42.0 Å². The number of halogens is 2. The van der Waals surface area contributed by atoms with Gasteiger partial charge in [0.1, 0.15) is 18.1 Å². The molecule has 35 heavy (non-hydrogen) atoms. The van der Waals surface area contributed by atoms with Crippen LogP contribution in [0.15, 0.2) is 75.3 Å². The van der Waals surface area contributed by atoms with E-state index in [0.717, 1.165) is 16.7 Å². The number of amides is 3. The number of hydrogen-bond donors (Lipinski definition) is 2. The highest BCUT2D eigenvalue weighted by molar-refractivity contribution is 9.11. The number of imide groups is 1. The van der Waals surface area contributed by atoms with Crippen molar-refractivity contribution < 1.29 is 24.2 Å². The number of nitrogens with one attached hydrogen (secondary N) is 1. The van der Waals surface area contributed by atoms with Crippen LogP contribution >= 0.6 is 31.9 Å². The number of rotatable bonds is 7. The van der Waals surface area contributed by atoms with Crippen LogP contribution in [0.25, 0.3) is 6.08 Å². The Hall–Kier alpha value is -3.43. The van der Waals surface area contributed by atoms with Crippen LogP contribution < -0.4 is 10.1 Å². The van der Waals surface area contributed by atoms with Gasteiger partial charge in [-0.3, -0.25) is 9.69 Å². The molecule has 0 radical (unpaired) electrons. The number of carbonyl (C=O) groups is 3. The van der Waals surface area contributed by atoms with Gasteiger partial charge in [0, 0.05) is 0 Å². The number of carboxylic acid groups (broad SMARTS) is 1. The van der Waals surface area contributed by atoms with Gasteiger partial charge in [-0.15, -0.1) is 0 Å². The summed E-state index contributed by atoms with van der Waals surface area (Å²) in [6.07, 6.45) is 1.61. The number of urea groups is 1. The standard InChI is InChI=1S/C26H20Br2N2O5/c1-15-2-4-16(5-3-15)13-30-24(31)22(29-26(30)34)12-18-10-20(27)23(21(28)11-18)35-14-17-6-8-19(9-7-17)25(32)33/h2-12H,13-14H2,1H3,(H,29,34)(H,32,33)/b22-12+. The molecule has 1 fully saturated rings. The minimum absolute atomic E-state index is 0.188. The van der Waals surface area contributed by atoms with Crippen molar-refractivity contribution in [2.45, 2.75) is 20.1 Å². The topological polar surface area (TPSA) is 95.9 Å². The van der Waals surface area contributed by atoms with Crippen LogP contribution in [0.4, 0.5) is 4.79 Å². The van der Waals surface area contributed by atoms with E-state index in [2.05, 4.69) is 37.2 Å². The van der Waals surface area contributed by atoms with Crippen molar-refractivity contribution in [2.24, 2.45) is 0 Å². The molecule has 0 saturated carbocycles. The van der Waals surface area contributed by atoms with Crippen molar-refractivity contribution >= 4 is 55.8 Å². The summed E-state index contributed by atoms with van der Waals surface area (Å²) in [5, 5.41) is 11.7. The van der Waals surface area contributed by atoms with Crippen molar-refractivity contribution in [3.63, 3.8) is 0 Å². The van der Waals surface area contributed by atoms with E-state index in [4.69, 9.17) is 9.84 Å². The van der Waals surface area contributed by atoms with E-state index in [1.807, 2.05) is 31.2 Å². The predicted molar refractivity (Wildman–Crippen MR) is 138 cm³/mol. The molecule has 9 heteroatoms. The summed E-state index contributed by atoms with van der Waals surface area (Å²) in [7, 11) is 0. The second kappa shape index (κ2) is 10.5. The average Bonchev–Trinajstić information content (AvgIpc) is 3.07. The molecule has 4 rings (SSSR count). The SMILES string of the molecule is Cc1ccc(CN2C(=O)N/C(=C/c3cc(Br)c(OCc4ccc(C(=O)O)cc4)c(Br)c3)C2=O)cc1. The molecule has 0 bridgehead atoms. The summed E-state index contributed by atoms with van der Waals surface area (Å²) in [6, 6.07) is 17.2. The number of aryl methyl sites for hydroxylation is 1. The fourth-order valence-electron chi connectivity index (χ4n) is 3.46. The van der Waals surface area contributed by atoms with E-state index in [0.29, 0.717) is 20.3 Å². The van der Waals surface area contributed by atoms with Gasteiger partial charge in [-0.05, 0) is 85.8 Å². The van der Waals surface area contributed by atoms with Crippen molar-refractivity contribution in [1.29, 1.82) is 0 Å². The highest BCUT2D eigenvalue weighted by atomic mass is 79.9. The zero-order valence-electron chi connectivity index (χ0n) is 18.5. The molecule has 1 aliphatic heterocycles. The summed E-state index contributed by atoms with van der Waals surface area (Å²) in [5.41, 5.74) is 3.86. The van der Waals surface area contributed by atoms with Crippen molar-refractivity contribution in [3.05, 3.63) is 103 Å². The normalized spacial score (nSPS) is 14.4. The summed E-state index contributed by atoms with van der Waals surface area (Å²) < 4.78 is 7.20. The first kappa shape index (κ1) is 24.7. The number of benzene rings is 3. The lowest BCUT2D eigenvalue weighted by atomic mass is 10.1. The lowest BCUT2D eigenvalue weighted by molar-refractivity contribution is -0.123. The molecule has 3 aromatic carbocycles. The van der Waals surface area contributed by atoms with Crippen molar-refractivity contribution in [3.8, 4) is 5.75 Å². The second-order valence-corrected chi connectivity index (χ2v) is 9.68. The number of ether oxygens (including phenoxy) is 1. The number of hydrogen-bond acceptors (Lipinski definition) is 4. The third-order valence-corrected chi connectivity index (χ3v) is 6.52. The molecule has 7 nitrogen and oxygen atoms in total. The Morgan fingerprint density at radius 3 is 2.20 bits per heavy atom. The highest BCUT2D eigenvalue weighted by Gasteiger charge is 2.33. The summed E-state index contributed by atoms with van der Waals surface area (Å²) in [5.74, 6) is -0.826. The molecule has 0 atom stereocenters. The third-order valence-electron chi connectivity index (χ3n) is 5.34. The van der Waals surface area contributed by atoms with Gasteiger partial charge in [0.15, 0.2) is 0 Å². The molecular weight excluding hydrogens is 580 g/mol. The molecule has 1 saturated heterocycles. The molecule has 1 aliphatic rings. The Balaban J connectivity index is 1.47. The van der Waals surface area contributed by atoms with Crippen LogP contribution in [0.3, 0.4) is 0 Å². The Morgan fingerprint density at radius 1 is 1.00 bits per heavy atom. The van der Waals surface area contributed by atoms with Crippen molar-refractivity contribution in [1.82, 2.24) is 10.2 Å². The fraction of sp³-hybridized carbons (Fsp3) is 0.115. The summed E-state index contributed by atoms with van der Waals surface area (Å²) in [6.45, 7) is 2.40. The number of carboxylic acids is 1. The second-order valence-electron chi connectivity index (χ2n) is 7.97. The summed E-state index contributed by atoms with van der Waals surface area (Å²) >= 11 is 6.99. The first-order valence-electron chi connectivity index (χ1n) is 10.6. The average molecular weight is 600 g/mol. The molecule has 3 amide bonds. The van der Waals surface area contributed by atoms with Gasteiger partial charge < -0.3 is 15.2 Å². The molecule has 1 heterocycles. The Morgan fingerprint density at radius 2 is 1.60 bits per heavy atom. The molecule has 2 N–H and O–H groups in total. The molecule has 0 unspecified atom stereocenters. The zero-order valence-corrected chi connectivity index (χ0v) is 21.7. The van der Waals surface area contributed by atoms with E-state index in [1.165, 1.54) is 17.0 Å². The van der Waals surface area contributed by atoms with Crippen LogP contribution in [-0.2, 0) is 17.9 Å². The third kappa shape index (κ3) is 5.80. The summed E-state index contributed by atoms with van der Waals surface area (Å²) in [4.78, 5) is 37.4. The van der Waals surface area contributed by atoms with Gasteiger partial charge in [-0.25, -0.2) is 9.59 Å². The zero-order chi connectivity index (χ0) is 25.1. The van der Waals surface area contributed by atoms with Crippen LogP contribution in [0.2, 0.25) is 0 Å². The number of carbonyl (C=O) groups excluding carboxylic acids is 2. The first-order valence-corrected chi connectivity index (χ1v) is 12.1. The maximum Gasteiger partial charge on any atom is 0.335 e. The van der Waals surface area contributed by atoms with E-state index in [9.17, 15) is 14.4 Å². The molecule has 0 aliphatic carbocycles. The molecule has 0 aromatic heterocycles. The number of nitrogens with zero attached hydrogens (tertiary/aromatic N) is 1. The van der Waals surface area contributed by atoms with E-state index in [1.54, 1.807) is 30.3 Å². The van der Waals surface area contributed by atoms with Gasteiger partial charge in [0.25, 0.3) is 5.91 Å². The highest BCUT2D eigenvalue weighted by Crippen LogP contribution is 2.36. The Kier molecular flexibility index (Phi) is 7.37.